The van der Waals surface area contributed by atoms with Gasteiger partial charge in [-0.2, -0.15) is 0 Å². The molecular formula is C35H53N5O9S. The second-order valence-corrected chi connectivity index (χ2v) is 14.1. The maximum Gasteiger partial charge on any atom is 0.243 e. The van der Waals surface area contributed by atoms with E-state index in [0.29, 0.717) is 26.4 Å². The molecule has 0 radical (unpaired) electrons. The molecule has 0 spiro atoms. The molecule has 2 aromatic rings. The number of aliphatic hydroxyl groups is 1. The number of carbonyl (C=O) groups is 4. The van der Waals surface area contributed by atoms with E-state index in [1.807, 2.05) is 57.5 Å². The normalized spacial score (nSPS) is 17.4. The molecule has 278 valence electrons. The van der Waals surface area contributed by atoms with Gasteiger partial charge in [0.1, 0.15) is 6.04 Å². The number of thiazole rings is 1. The Morgan fingerprint density at radius 3 is 2.14 bits per heavy atom. The summed E-state index contributed by atoms with van der Waals surface area (Å²) in [5.41, 5.74) is 9.09. The van der Waals surface area contributed by atoms with Crippen molar-refractivity contribution in [3.8, 4) is 10.4 Å². The molecule has 0 bridgehead atoms. The number of amides is 4. The number of ether oxygens (including phenoxy) is 4. The fraction of sp³-hybridized carbons (Fsp3) is 0.629. The Morgan fingerprint density at radius 1 is 1.00 bits per heavy atom. The third-order valence-corrected chi connectivity index (χ3v) is 9.36. The Morgan fingerprint density at radius 2 is 1.60 bits per heavy atom. The minimum atomic E-state index is -0.884. The number of hydrogen-bond donors (Lipinski definition) is 4. The number of aromatic nitrogens is 1. The summed E-state index contributed by atoms with van der Waals surface area (Å²) in [7, 11) is 1.51. The third-order valence-electron chi connectivity index (χ3n) is 8.38. The van der Waals surface area contributed by atoms with Crippen molar-refractivity contribution >= 4 is 35.0 Å². The van der Waals surface area contributed by atoms with Gasteiger partial charge in [0.25, 0.3) is 0 Å². The van der Waals surface area contributed by atoms with Crippen molar-refractivity contribution in [3.05, 3.63) is 41.0 Å². The summed E-state index contributed by atoms with van der Waals surface area (Å²) in [5.74, 6) is -3.22. The van der Waals surface area contributed by atoms with Crippen molar-refractivity contribution in [3.63, 3.8) is 0 Å². The van der Waals surface area contributed by atoms with Crippen molar-refractivity contribution < 1.29 is 43.2 Å². The number of nitrogens with one attached hydrogen (secondary N) is 2. The topological polar surface area (TPSA) is 192 Å². The second kappa shape index (κ2) is 20.4. The summed E-state index contributed by atoms with van der Waals surface area (Å²) in [6.45, 7) is 9.84. The number of likely N-dealkylation sites (tertiary alicyclic amines) is 1. The highest BCUT2D eigenvalue weighted by Gasteiger charge is 2.48. The molecule has 1 aromatic carbocycles. The van der Waals surface area contributed by atoms with Gasteiger partial charge in [0.05, 0.1) is 86.9 Å². The summed E-state index contributed by atoms with van der Waals surface area (Å²) in [6, 6.07) is 6.98. The monoisotopic (exact) mass is 719 g/mol. The number of carbonyl (C=O) groups excluding carboxylic acids is 4. The van der Waals surface area contributed by atoms with E-state index in [1.54, 1.807) is 11.3 Å². The minimum Gasteiger partial charge on any atom is -0.391 e. The van der Waals surface area contributed by atoms with Gasteiger partial charge in [-0.05, 0) is 23.5 Å². The van der Waals surface area contributed by atoms with Gasteiger partial charge in [-0.15, -0.1) is 11.3 Å². The quantitative estimate of drug-likeness (QED) is 0.138. The first-order chi connectivity index (χ1) is 23.8. The molecule has 1 fully saturated rings. The number of hydrogen-bond acceptors (Lipinski definition) is 11. The van der Waals surface area contributed by atoms with Gasteiger partial charge in [0.15, 0.2) is 0 Å². The van der Waals surface area contributed by atoms with Crippen LogP contribution in [0.4, 0.5) is 0 Å². The summed E-state index contributed by atoms with van der Waals surface area (Å²) >= 11 is 1.57. The van der Waals surface area contributed by atoms with Gasteiger partial charge in [-0.3, -0.25) is 19.2 Å². The highest BCUT2D eigenvalue weighted by Crippen LogP contribution is 2.36. The molecule has 5 N–H and O–H groups in total. The lowest BCUT2D eigenvalue weighted by Crippen LogP contribution is -2.54. The highest BCUT2D eigenvalue weighted by atomic mass is 32.1. The summed E-state index contributed by atoms with van der Waals surface area (Å²) in [4.78, 5) is 58.4. The Hall–Kier alpha value is -3.47. The molecule has 50 heavy (non-hydrogen) atoms. The van der Waals surface area contributed by atoms with Crippen LogP contribution in [-0.2, 0) is 44.7 Å². The predicted octanol–water partition coefficient (Wildman–Crippen LogP) is 1.66. The van der Waals surface area contributed by atoms with Crippen LogP contribution in [0.15, 0.2) is 29.8 Å². The molecule has 0 saturated carbocycles. The molecule has 0 aliphatic carbocycles. The van der Waals surface area contributed by atoms with Crippen LogP contribution in [0, 0.1) is 24.2 Å². The molecule has 15 heteroatoms. The van der Waals surface area contributed by atoms with Crippen LogP contribution >= 0.6 is 11.3 Å². The van der Waals surface area contributed by atoms with Crippen molar-refractivity contribution in [2.24, 2.45) is 23.0 Å². The van der Waals surface area contributed by atoms with Crippen molar-refractivity contribution in [2.75, 3.05) is 66.4 Å². The van der Waals surface area contributed by atoms with Crippen molar-refractivity contribution in [1.29, 1.82) is 0 Å². The van der Waals surface area contributed by atoms with E-state index in [1.165, 1.54) is 11.9 Å². The fourth-order valence-electron chi connectivity index (χ4n) is 5.84. The molecule has 3 rings (SSSR count). The van der Waals surface area contributed by atoms with Crippen LogP contribution < -0.4 is 16.4 Å². The van der Waals surface area contributed by atoms with E-state index in [9.17, 15) is 24.3 Å². The van der Waals surface area contributed by atoms with Crippen molar-refractivity contribution in [1.82, 2.24) is 20.5 Å². The minimum absolute atomic E-state index is 0.0108. The molecule has 1 aromatic heterocycles. The van der Waals surface area contributed by atoms with Crippen LogP contribution in [0.1, 0.15) is 44.9 Å². The van der Waals surface area contributed by atoms with E-state index in [2.05, 4.69) is 15.6 Å². The molecular weight excluding hydrogens is 666 g/mol. The highest BCUT2D eigenvalue weighted by molar-refractivity contribution is 7.13. The zero-order valence-corrected chi connectivity index (χ0v) is 30.6. The van der Waals surface area contributed by atoms with Crippen LogP contribution in [0.3, 0.4) is 0 Å². The molecule has 1 aliphatic heterocycles. The van der Waals surface area contributed by atoms with E-state index in [0.717, 1.165) is 21.7 Å². The van der Waals surface area contributed by atoms with Gasteiger partial charge in [0, 0.05) is 33.0 Å². The zero-order chi connectivity index (χ0) is 36.7. The summed E-state index contributed by atoms with van der Waals surface area (Å²) in [6.07, 6.45) is -0.607. The Labute approximate surface area is 298 Å². The van der Waals surface area contributed by atoms with Gasteiger partial charge < -0.3 is 45.3 Å². The predicted molar refractivity (Wildman–Crippen MR) is 188 cm³/mol. The number of nitrogens with two attached hydrogens (primary N) is 1. The number of β-amino-alcohol motifs (C(OH)–C–C–N with tert-alkyl or cyclic N) is 1. The Bertz CT molecular complexity index is 1380. The van der Waals surface area contributed by atoms with Crippen LogP contribution in [0.5, 0.6) is 0 Å². The molecule has 4 amide bonds. The largest absolute Gasteiger partial charge is 0.391 e. The van der Waals surface area contributed by atoms with Gasteiger partial charge in [-0.25, -0.2) is 4.98 Å². The van der Waals surface area contributed by atoms with Crippen LogP contribution in [0.25, 0.3) is 10.4 Å². The lowest BCUT2D eigenvalue weighted by molar-refractivity contribution is -0.152. The fourth-order valence-corrected chi connectivity index (χ4v) is 6.65. The molecule has 1 unspecified atom stereocenters. The summed E-state index contributed by atoms with van der Waals surface area (Å²) in [5, 5.41) is 16.2. The number of rotatable bonds is 21. The van der Waals surface area contributed by atoms with Gasteiger partial charge >= 0.3 is 0 Å². The van der Waals surface area contributed by atoms with Crippen LogP contribution in [0.2, 0.25) is 0 Å². The number of nitrogens with zero attached hydrogens (tertiary/aromatic N) is 2. The van der Waals surface area contributed by atoms with Crippen molar-refractivity contribution in [2.45, 2.75) is 59.2 Å². The zero-order valence-electron chi connectivity index (χ0n) is 29.8. The molecule has 1 saturated heterocycles. The van der Waals surface area contributed by atoms with Gasteiger partial charge in [-0.1, -0.05) is 45.0 Å². The SMILES string of the molecule is CNC(=O)C(COCCOCCOCCOCCC(N)=O)[C@H](C(=O)N1C[C@H](O)C[C@H]1C(=O)NCc1ccc(-c2scnc2C)cc1)C(C)(C)C. The maximum atomic E-state index is 14.2. The Balaban J connectivity index is 1.53. The third kappa shape index (κ3) is 12.7. The lowest BCUT2D eigenvalue weighted by Gasteiger charge is -2.38. The number of benzene rings is 1. The molecule has 1 aliphatic rings. The number of aliphatic hydroxyl groups excluding tert-OH is 1. The number of primary amides is 1. The van der Waals surface area contributed by atoms with E-state index >= 15 is 0 Å². The van der Waals surface area contributed by atoms with Gasteiger partial charge in [0.2, 0.25) is 23.6 Å². The van der Waals surface area contributed by atoms with E-state index in [-0.39, 0.29) is 70.1 Å². The smallest absolute Gasteiger partial charge is 0.243 e. The maximum absolute atomic E-state index is 14.2. The average Bonchev–Trinajstić information content (AvgIpc) is 3.69. The summed E-state index contributed by atoms with van der Waals surface area (Å²) < 4.78 is 22.0. The lowest BCUT2D eigenvalue weighted by atomic mass is 9.72. The Kier molecular flexibility index (Phi) is 16.7. The average molecular weight is 720 g/mol. The number of aryl methyl sites for hydroxylation is 1. The second-order valence-electron chi connectivity index (χ2n) is 13.3. The van der Waals surface area contributed by atoms with E-state index < -0.39 is 35.3 Å². The first-order valence-corrected chi connectivity index (χ1v) is 17.8. The molecule has 2 heterocycles. The first kappa shape index (κ1) is 41.0. The standard InChI is InChI=1S/C35H53N5O9S/c1-23-31(50-22-39-23)25-8-6-24(7-9-25)19-38-33(44)28-18-26(41)20-40(28)34(45)30(35(2,3)4)27(32(43)37-5)21-49-17-16-48-15-14-47-13-12-46-11-10-29(36)42/h6-9,22,26-28,30,41H,10-21H2,1-5H3,(H2,36,42)(H,37,43)(H,38,44)/t26-,27?,28+,30-/m1/s1. The molecule has 4 atom stereocenters. The van der Waals surface area contributed by atoms with E-state index in [4.69, 9.17) is 24.7 Å². The van der Waals surface area contributed by atoms with Crippen LogP contribution in [-0.4, -0.2) is 117 Å². The first-order valence-electron chi connectivity index (χ1n) is 16.9. The molecule has 14 nitrogen and oxygen atoms in total.